The number of likely N-dealkylation sites (tertiary alicyclic amines) is 2. The Morgan fingerprint density at radius 1 is 1.38 bits per heavy atom. The average Bonchev–Trinajstić information content (AvgIpc) is 2.76. The SMILES string of the molecule is CC(=O)N1CC[C@@H]2[C@H](CCCCN2Cc2csc(C)n2)C1. The molecule has 2 saturated heterocycles. The molecule has 2 aliphatic heterocycles. The van der Waals surface area contributed by atoms with Crippen LogP contribution in [-0.2, 0) is 11.3 Å². The van der Waals surface area contributed by atoms with Gasteiger partial charge >= 0.3 is 0 Å². The fourth-order valence-electron chi connectivity index (χ4n) is 3.84. The number of fused-ring (bicyclic) bond motifs is 1. The molecule has 0 unspecified atom stereocenters. The molecule has 2 fully saturated rings. The van der Waals surface area contributed by atoms with Gasteiger partial charge in [-0.2, -0.15) is 0 Å². The normalized spacial score (nSPS) is 27.2. The number of piperidine rings is 1. The third kappa shape index (κ3) is 3.46. The van der Waals surface area contributed by atoms with E-state index in [4.69, 9.17) is 0 Å². The highest BCUT2D eigenvalue weighted by atomic mass is 32.1. The summed E-state index contributed by atoms with van der Waals surface area (Å²) < 4.78 is 0. The summed E-state index contributed by atoms with van der Waals surface area (Å²) in [5.41, 5.74) is 1.21. The van der Waals surface area contributed by atoms with E-state index < -0.39 is 0 Å². The first-order valence-electron chi connectivity index (χ1n) is 8.04. The molecule has 0 aliphatic carbocycles. The molecule has 0 radical (unpaired) electrons. The van der Waals surface area contributed by atoms with Crippen LogP contribution in [0.1, 0.15) is 43.3 Å². The topological polar surface area (TPSA) is 36.4 Å². The highest BCUT2D eigenvalue weighted by Crippen LogP contribution is 2.31. The maximum absolute atomic E-state index is 11.6. The molecule has 1 aromatic heterocycles. The van der Waals surface area contributed by atoms with Crippen LogP contribution in [0.5, 0.6) is 0 Å². The van der Waals surface area contributed by atoms with Crippen molar-refractivity contribution in [3.8, 4) is 0 Å². The number of thiazole rings is 1. The van der Waals surface area contributed by atoms with Crippen LogP contribution in [0.15, 0.2) is 5.38 Å². The van der Waals surface area contributed by atoms with Crippen LogP contribution >= 0.6 is 11.3 Å². The van der Waals surface area contributed by atoms with Crippen molar-refractivity contribution in [1.82, 2.24) is 14.8 Å². The number of carbonyl (C=O) groups is 1. The minimum absolute atomic E-state index is 0.236. The molecule has 3 rings (SSSR count). The Morgan fingerprint density at radius 2 is 2.24 bits per heavy atom. The van der Waals surface area contributed by atoms with E-state index in [2.05, 4.69) is 22.2 Å². The second-order valence-corrected chi connectivity index (χ2v) is 7.47. The van der Waals surface area contributed by atoms with Crippen LogP contribution in [-0.4, -0.2) is 46.4 Å². The predicted octanol–water partition coefficient (Wildman–Crippen LogP) is 2.67. The van der Waals surface area contributed by atoms with Crippen LogP contribution in [0.3, 0.4) is 0 Å². The quantitative estimate of drug-likeness (QED) is 0.843. The lowest BCUT2D eigenvalue weighted by molar-refractivity contribution is -0.131. The van der Waals surface area contributed by atoms with Gasteiger partial charge in [0.15, 0.2) is 0 Å². The van der Waals surface area contributed by atoms with Crippen LogP contribution < -0.4 is 0 Å². The predicted molar refractivity (Wildman–Crippen MR) is 85.3 cm³/mol. The Bertz CT molecular complexity index is 501. The van der Waals surface area contributed by atoms with E-state index in [1.54, 1.807) is 18.3 Å². The number of aryl methyl sites for hydroxylation is 1. The van der Waals surface area contributed by atoms with Crippen molar-refractivity contribution < 1.29 is 4.79 Å². The highest BCUT2D eigenvalue weighted by molar-refractivity contribution is 7.09. The van der Waals surface area contributed by atoms with E-state index >= 15 is 0 Å². The van der Waals surface area contributed by atoms with E-state index in [1.165, 1.54) is 31.5 Å². The lowest BCUT2D eigenvalue weighted by Crippen LogP contribution is -2.51. The van der Waals surface area contributed by atoms with Crippen LogP contribution in [0.4, 0.5) is 0 Å². The number of hydrogen-bond acceptors (Lipinski definition) is 4. The number of rotatable bonds is 2. The molecular weight excluding hydrogens is 282 g/mol. The van der Waals surface area contributed by atoms with E-state index in [-0.39, 0.29) is 5.91 Å². The summed E-state index contributed by atoms with van der Waals surface area (Å²) in [6.45, 7) is 7.80. The highest BCUT2D eigenvalue weighted by Gasteiger charge is 2.35. The Kier molecular flexibility index (Phi) is 4.60. The monoisotopic (exact) mass is 307 g/mol. The van der Waals surface area contributed by atoms with E-state index in [0.717, 1.165) is 31.1 Å². The first-order chi connectivity index (χ1) is 10.1. The number of amides is 1. The lowest BCUT2D eigenvalue weighted by Gasteiger charge is -2.42. The molecule has 2 atom stereocenters. The summed E-state index contributed by atoms with van der Waals surface area (Å²) in [6, 6.07) is 0.630. The fourth-order valence-corrected chi connectivity index (χ4v) is 4.45. The van der Waals surface area contributed by atoms with Crippen molar-refractivity contribution in [2.45, 2.75) is 52.1 Å². The zero-order valence-electron chi connectivity index (χ0n) is 13.0. The summed E-state index contributed by atoms with van der Waals surface area (Å²) >= 11 is 1.74. The summed E-state index contributed by atoms with van der Waals surface area (Å²) in [4.78, 5) is 20.9. The second-order valence-electron chi connectivity index (χ2n) is 6.41. The van der Waals surface area contributed by atoms with Gasteiger partial charge in [0, 0.05) is 38.0 Å². The molecule has 0 bridgehead atoms. The van der Waals surface area contributed by atoms with Gasteiger partial charge in [-0.3, -0.25) is 9.69 Å². The van der Waals surface area contributed by atoms with Gasteiger partial charge in [0.25, 0.3) is 0 Å². The summed E-state index contributed by atoms with van der Waals surface area (Å²) in [5.74, 6) is 0.879. The minimum Gasteiger partial charge on any atom is -0.343 e. The molecule has 5 heteroatoms. The number of carbonyl (C=O) groups excluding carboxylic acids is 1. The molecule has 116 valence electrons. The maximum Gasteiger partial charge on any atom is 0.219 e. The van der Waals surface area contributed by atoms with Crippen molar-refractivity contribution in [3.05, 3.63) is 16.1 Å². The van der Waals surface area contributed by atoms with E-state index in [9.17, 15) is 4.79 Å². The van der Waals surface area contributed by atoms with Gasteiger partial charge in [-0.05, 0) is 38.6 Å². The number of nitrogens with zero attached hydrogens (tertiary/aromatic N) is 3. The molecule has 4 nitrogen and oxygen atoms in total. The molecule has 1 amide bonds. The van der Waals surface area contributed by atoms with Crippen molar-refractivity contribution in [2.24, 2.45) is 5.92 Å². The van der Waals surface area contributed by atoms with Gasteiger partial charge in [0.1, 0.15) is 0 Å². The van der Waals surface area contributed by atoms with Crippen molar-refractivity contribution >= 4 is 17.2 Å². The van der Waals surface area contributed by atoms with Gasteiger partial charge < -0.3 is 4.90 Å². The molecular formula is C16H25N3OS. The van der Waals surface area contributed by atoms with Gasteiger partial charge in [-0.1, -0.05) is 6.42 Å². The Balaban J connectivity index is 1.70. The van der Waals surface area contributed by atoms with Crippen LogP contribution in [0.25, 0.3) is 0 Å². The smallest absolute Gasteiger partial charge is 0.219 e. The number of aromatic nitrogens is 1. The molecule has 0 spiro atoms. The first kappa shape index (κ1) is 15.0. The van der Waals surface area contributed by atoms with Gasteiger partial charge in [-0.25, -0.2) is 4.98 Å². The standard InChI is InChI=1S/C16H25N3OS/c1-12-17-15(11-21-12)10-19-7-4-3-5-14-9-18(13(2)20)8-6-16(14)19/h11,14,16H,3-10H2,1-2H3/t14-,16-/m1/s1. The van der Waals surface area contributed by atoms with Crippen LogP contribution in [0.2, 0.25) is 0 Å². The molecule has 1 aromatic rings. The largest absolute Gasteiger partial charge is 0.343 e. The molecule has 0 aromatic carbocycles. The summed E-state index contributed by atoms with van der Waals surface area (Å²) in [5, 5.41) is 3.35. The third-order valence-corrected chi connectivity index (χ3v) is 5.73. The molecule has 21 heavy (non-hydrogen) atoms. The lowest BCUT2D eigenvalue weighted by atomic mass is 9.88. The van der Waals surface area contributed by atoms with Crippen molar-refractivity contribution in [2.75, 3.05) is 19.6 Å². The second kappa shape index (κ2) is 6.44. The Labute approximate surface area is 131 Å². The zero-order valence-corrected chi connectivity index (χ0v) is 13.9. The van der Waals surface area contributed by atoms with Crippen molar-refractivity contribution in [1.29, 1.82) is 0 Å². The minimum atomic E-state index is 0.236. The van der Waals surface area contributed by atoms with Gasteiger partial charge in [0.05, 0.1) is 10.7 Å². The maximum atomic E-state index is 11.6. The summed E-state index contributed by atoms with van der Waals surface area (Å²) in [7, 11) is 0. The van der Waals surface area contributed by atoms with Gasteiger partial charge in [-0.15, -0.1) is 11.3 Å². The Morgan fingerprint density at radius 3 is 2.95 bits per heavy atom. The molecule has 0 saturated carbocycles. The molecule has 2 aliphatic rings. The Hall–Kier alpha value is -0.940. The van der Waals surface area contributed by atoms with Crippen molar-refractivity contribution in [3.63, 3.8) is 0 Å². The molecule has 3 heterocycles. The van der Waals surface area contributed by atoms with Crippen LogP contribution in [0, 0.1) is 12.8 Å². The first-order valence-corrected chi connectivity index (χ1v) is 8.92. The molecule has 0 N–H and O–H groups in total. The zero-order chi connectivity index (χ0) is 14.8. The van der Waals surface area contributed by atoms with E-state index in [0.29, 0.717) is 12.0 Å². The average molecular weight is 307 g/mol. The van der Waals surface area contributed by atoms with E-state index in [1.807, 2.05) is 4.90 Å². The van der Waals surface area contributed by atoms with Gasteiger partial charge in [0.2, 0.25) is 5.91 Å². The third-order valence-electron chi connectivity index (χ3n) is 4.91. The fraction of sp³-hybridized carbons (Fsp3) is 0.750. The number of hydrogen-bond donors (Lipinski definition) is 0. The summed E-state index contributed by atoms with van der Waals surface area (Å²) in [6.07, 6.45) is 4.95.